The van der Waals surface area contributed by atoms with Crippen molar-refractivity contribution in [3.8, 4) is 0 Å². The van der Waals surface area contributed by atoms with E-state index in [0.717, 1.165) is 5.01 Å². The van der Waals surface area contributed by atoms with Gasteiger partial charge in [-0.15, -0.1) is 0 Å². The summed E-state index contributed by atoms with van der Waals surface area (Å²) in [6.45, 7) is 0. The highest BCUT2D eigenvalue weighted by Gasteiger charge is 2.47. The highest BCUT2D eigenvalue weighted by Crippen LogP contribution is 2.33. The molecule has 1 heterocycles. The highest BCUT2D eigenvalue weighted by molar-refractivity contribution is 7.80. The fourth-order valence-electron chi connectivity index (χ4n) is 2.02. The summed E-state index contributed by atoms with van der Waals surface area (Å²) < 4.78 is 0. The van der Waals surface area contributed by atoms with Crippen LogP contribution in [-0.4, -0.2) is 21.9 Å². The first-order valence-corrected chi connectivity index (χ1v) is 5.11. The Bertz CT molecular complexity index is 340. The van der Waals surface area contributed by atoms with Crippen molar-refractivity contribution in [3.63, 3.8) is 0 Å². The van der Waals surface area contributed by atoms with Gasteiger partial charge in [0.25, 0.3) is 11.8 Å². The first-order valence-electron chi connectivity index (χ1n) is 4.70. The second-order valence-corrected chi connectivity index (χ2v) is 4.08. The Balaban J connectivity index is 2.20. The highest BCUT2D eigenvalue weighted by atomic mass is 32.1. The summed E-state index contributed by atoms with van der Waals surface area (Å²) in [5, 5.41) is 0.883. The molecule has 80 valence electrons. The molecule has 6 heteroatoms. The fraction of sp³-hybridized carbons (Fsp3) is 0.444. The van der Waals surface area contributed by atoms with Gasteiger partial charge >= 0.3 is 0 Å². The zero-order valence-electron chi connectivity index (χ0n) is 7.97. The SMILES string of the molecule is NC(=S)NN1C(=O)[C@@H]2CC=CC[C@H]2C1=O. The Kier molecular flexibility index (Phi) is 2.44. The Morgan fingerprint density at radius 1 is 1.33 bits per heavy atom. The average Bonchev–Trinajstić information content (AvgIpc) is 2.44. The molecule has 0 bridgehead atoms. The predicted molar refractivity (Wildman–Crippen MR) is 57.1 cm³/mol. The third-order valence-electron chi connectivity index (χ3n) is 2.73. The van der Waals surface area contributed by atoms with Crippen LogP contribution in [0.3, 0.4) is 0 Å². The minimum atomic E-state index is -0.246. The van der Waals surface area contributed by atoms with Gasteiger partial charge in [0.15, 0.2) is 5.11 Å². The van der Waals surface area contributed by atoms with E-state index in [9.17, 15) is 9.59 Å². The van der Waals surface area contributed by atoms with Gasteiger partial charge in [-0.25, -0.2) is 0 Å². The van der Waals surface area contributed by atoms with Gasteiger partial charge in [0, 0.05) is 0 Å². The summed E-state index contributed by atoms with van der Waals surface area (Å²) in [5.74, 6) is -0.960. The minimum Gasteiger partial charge on any atom is -0.375 e. The van der Waals surface area contributed by atoms with Gasteiger partial charge in [0.1, 0.15) is 0 Å². The van der Waals surface area contributed by atoms with Crippen molar-refractivity contribution in [1.82, 2.24) is 10.4 Å². The van der Waals surface area contributed by atoms with E-state index < -0.39 is 0 Å². The molecule has 0 spiro atoms. The fourth-order valence-corrected chi connectivity index (χ4v) is 2.11. The third kappa shape index (κ3) is 1.61. The standard InChI is InChI=1S/C9H11N3O2S/c10-9(15)11-12-7(13)5-3-1-2-4-6(5)8(12)14/h1-2,5-6H,3-4H2,(H3,10,11,15)/t5-,6-/m1/s1. The van der Waals surface area contributed by atoms with E-state index >= 15 is 0 Å². The van der Waals surface area contributed by atoms with Crippen molar-refractivity contribution in [3.05, 3.63) is 12.2 Å². The van der Waals surface area contributed by atoms with E-state index in [0.29, 0.717) is 12.8 Å². The molecule has 1 aliphatic carbocycles. The zero-order valence-corrected chi connectivity index (χ0v) is 8.79. The average molecular weight is 225 g/mol. The summed E-state index contributed by atoms with van der Waals surface area (Å²) in [4.78, 5) is 23.6. The van der Waals surface area contributed by atoms with Crippen LogP contribution in [0.4, 0.5) is 0 Å². The first kappa shape index (κ1) is 10.1. The van der Waals surface area contributed by atoms with Crippen molar-refractivity contribution in [2.24, 2.45) is 17.6 Å². The normalized spacial score (nSPS) is 29.2. The van der Waals surface area contributed by atoms with Crippen molar-refractivity contribution in [1.29, 1.82) is 0 Å². The number of hydrogen-bond donors (Lipinski definition) is 2. The number of carbonyl (C=O) groups is 2. The van der Waals surface area contributed by atoms with Gasteiger partial charge < -0.3 is 5.73 Å². The van der Waals surface area contributed by atoms with E-state index in [1.165, 1.54) is 0 Å². The molecule has 2 rings (SSSR count). The second kappa shape index (κ2) is 3.62. The number of hydrogen-bond acceptors (Lipinski definition) is 3. The molecule has 5 nitrogen and oxygen atoms in total. The minimum absolute atomic E-state index is 0.0664. The summed E-state index contributed by atoms with van der Waals surface area (Å²) in [6.07, 6.45) is 5.09. The third-order valence-corrected chi connectivity index (χ3v) is 2.82. The quantitative estimate of drug-likeness (QED) is 0.363. The molecule has 0 saturated carbocycles. The second-order valence-electron chi connectivity index (χ2n) is 3.64. The monoisotopic (exact) mass is 225 g/mol. The summed E-state index contributed by atoms with van der Waals surface area (Å²) >= 11 is 4.61. The van der Waals surface area contributed by atoms with Crippen LogP contribution >= 0.6 is 12.2 Å². The first-order chi connectivity index (χ1) is 7.11. The van der Waals surface area contributed by atoms with Gasteiger partial charge in [0.05, 0.1) is 11.8 Å². The number of fused-ring (bicyclic) bond motifs is 1. The number of nitrogens with zero attached hydrogens (tertiary/aromatic N) is 1. The molecule has 1 saturated heterocycles. The van der Waals surface area contributed by atoms with Crippen LogP contribution in [0.5, 0.6) is 0 Å². The van der Waals surface area contributed by atoms with Crippen LogP contribution in [0.1, 0.15) is 12.8 Å². The number of thiocarbonyl (C=S) groups is 1. The molecular formula is C9H11N3O2S. The number of rotatable bonds is 1. The molecular weight excluding hydrogens is 214 g/mol. The molecule has 2 atom stereocenters. The maximum Gasteiger partial charge on any atom is 0.252 e. The maximum absolute atomic E-state index is 11.8. The van der Waals surface area contributed by atoms with E-state index in [1.54, 1.807) is 0 Å². The summed E-state index contributed by atoms with van der Waals surface area (Å²) in [7, 11) is 0. The van der Waals surface area contributed by atoms with Gasteiger partial charge in [-0.3, -0.25) is 15.0 Å². The summed E-state index contributed by atoms with van der Waals surface area (Å²) in [5.41, 5.74) is 7.66. The molecule has 0 aromatic carbocycles. The largest absolute Gasteiger partial charge is 0.375 e. The molecule has 1 fully saturated rings. The number of nitrogens with one attached hydrogen (secondary N) is 1. The molecule has 0 aromatic heterocycles. The lowest BCUT2D eigenvalue weighted by Crippen LogP contribution is -2.48. The number of hydrazine groups is 1. The van der Waals surface area contributed by atoms with E-state index in [2.05, 4.69) is 17.6 Å². The van der Waals surface area contributed by atoms with Crippen LogP contribution in [0.15, 0.2) is 12.2 Å². The summed E-state index contributed by atoms with van der Waals surface area (Å²) in [6, 6.07) is 0. The molecule has 1 aliphatic heterocycles. The topological polar surface area (TPSA) is 75.4 Å². The molecule has 0 radical (unpaired) electrons. The van der Waals surface area contributed by atoms with E-state index in [-0.39, 0.29) is 28.8 Å². The zero-order chi connectivity index (χ0) is 11.0. The van der Waals surface area contributed by atoms with Crippen molar-refractivity contribution in [2.45, 2.75) is 12.8 Å². The number of imide groups is 1. The van der Waals surface area contributed by atoms with E-state index in [1.807, 2.05) is 12.2 Å². The number of amides is 2. The molecule has 0 aromatic rings. The predicted octanol–water partition coefficient (Wildman–Crippen LogP) is -0.314. The van der Waals surface area contributed by atoms with Crippen molar-refractivity contribution in [2.75, 3.05) is 0 Å². The molecule has 2 aliphatic rings. The van der Waals surface area contributed by atoms with Crippen molar-refractivity contribution < 1.29 is 9.59 Å². The number of carbonyl (C=O) groups excluding carboxylic acids is 2. The van der Waals surface area contributed by atoms with Gasteiger partial charge in [0.2, 0.25) is 0 Å². The lowest BCUT2D eigenvalue weighted by molar-refractivity contribution is -0.142. The van der Waals surface area contributed by atoms with Crippen LogP contribution in [0, 0.1) is 11.8 Å². The maximum atomic E-state index is 11.8. The van der Waals surface area contributed by atoms with Crippen LogP contribution in [0.25, 0.3) is 0 Å². The number of allylic oxidation sites excluding steroid dienone is 2. The van der Waals surface area contributed by atoms with Crippen LogP contribution in [-0.2, 0) is 9.59 Å². The Morgan fingerprint density at radius 3 is 2.20 bits per heavy atom. The lowest BCUT2D eigenvalue weighted by atomic mass is 9.85. The lowest BCUT2D eigenvalue weighted by Gasteiger charge is -2.14. The van der Waals surface area contributed by atoms with E-state index in [4.69, 9.17) is 5.73 Å². The number of nitrogens with two attached hydrogens (primary N) is 1. The Hall–Kier alpha value is -1.43. The smallest absolute Gasteiger partial charge is 0.252 e. The molecule has 0 unspecified atom stereocenters. The molecule has 3 N–H and O–H groups in total. The van der Waals surface area contributed by atoms with Gasteiger partial charge in [-0.1, -0.05) is 12.2 Å². The van der Waals surface area contributed by atoms with Crippen LogP contribution < -0.4 is 11.2 Å². The molecule has 2 amide bonds. The Morgan fingerprint density at radius 2 is 1.80 bits per heavy atom. The van der Waals surface area contributed by atoms with Gasteiger partial charge in [-0.05, 0) is 25.1 Å². The van der Waals surface area contributed by atoms with Crippen LogP contribution in [0.2, 0.25) is 0 Å². The van der Waals surface area contributed by atoms with Gasteiger partial charge in [-0.2, -0.15) is 5.01 Å². The Labute approximate surface area is 92.3 Å². The molecule has 15 heavy (non-hydrogen) atoms. The van der Waals surface area contributed by atoms with Crippen molar-refractivity contribution >= 4 is 29.1 Å².